The topological polar surface area (TPSA) is 114 Å². The van der Waals surface area contributed by atoms with E-state index in [0.717, 1.165) is 0 Å². The van der Waals surface area contributed by atoms with Gasteiger partial charge in [-0.2, -0.15) is 4.72 Å². The molecule has 8 nitrogen and oxygen atoms in total. The molecule has 1 aliphatic heterocycles. The molecule has 1 aromatic rings. The third kappa shape index (κ3) is 3.70. The van der Waals surface area contributed by atoms with Gasteiger partial charge in [-0.25, -0.2) is 13.2 Å². The predicted molar refractivity (Wildman–Crippen MR) is 73.3 cm³/mol. The SMILES string of the molecule is CCOc1ccc(S(=O)(=O)NC2CNC(=O)NC2=O)cc1. The molecule has 0 aromatic heterocycles. The van der Waals surface area contributed by atoms with Crippen LogP contribution in [0.1, 0.15) is 6.92 Å². The molecule has 0 radical (unpaired) electrons. The Kier molecular flexibility index (Phi) is 4.43. The number of hydrogen-bond donors (Lipinski definition) is 3. The molecular weight excluding hydrogens is 298 g/mol. The molecule has 0 spiro atoms. The number of carbonyl (C=O) groups is 2. The number of amides is 3. The molecule has 0 saturated carbocycles. The maximum atomic E-state index is 12.2. The summed E-state index contributed by atoms with van der Waals surface area (Å²) in [7, 11) is -3.86. The highest BCUT2D eigenvalue weighted by Gasteiger charge is 2.30. The molecule has 3 amide bonds. The average molecular weight is 313 g/mol. The van der Waals surface area contributed by atoms with Crippen molar-refractivity contribution in [3.8, 4) is 5.75 Å². The predicted octanol–water partition coefficient (Wildman–Crippen LogP) is -0.428. The van der Waals surface area contributed by atoms with E-state index in [4.69, 9.17) is 4.74 Å². The summed E-state index contributed by atoms with van der Waals surface area (Å²) < 4.78 is 31.8. The number of benzene rings is 1. The second-order valence-corrected chi connectivity index (χ2v) is 5.99. The maximum absolute atomic E-state index is 12.2. The lowest BCUT2D eigenvalue weighted by Gasteiger charge is -2.22. The van der Waals surface area contributed by atoms with Crippen molar-refractivity contribution in [2.45, 2.75) is 17.9 Å². The molecule has 1 aliphatic rings. The summed E-state index contributed by atoms with van der Waals surface area (Å²) in [4.78, 5) is 22.5. The summed E-state index contributed by atoms with van der Waals surface area (Å²) in [5, 5.41) is 4.34. The van der Waals surface area contributed by atoms with Crippen LogP contribution in [0.4, 0.5) is 4.79 Å². The molecule has 0 bridgehead atoms. The molecule has 2 rings (SSSR count). The van der Waals surface area contributed by atoms with Crippen LogP contribution >= 0.6 is 0 Å². The Labute approximate surface area is 121 Å². The fourth-order valence-corrected chi connectivity index (χ4v) is 2.96. The minimum atomic E-state index is -3.86. The van der Waals surface area contributed by atoms with Crippen LogP contribution in [0.15, 0.2) is 29.2 Å². The van der Waals surface area contributed by atoms with Gasteiger partial charge in [0.15, 0.2) is 0 Å². The zero-order valence-corrected chi connectivity index (χ0v) is 12.1. The van der Waals surface area contributed by atoms with Crippen LogP contribution in [-0.4, -0.2) is 39.5 Å². The van der Waals surface area contributed by atoms with E-state index in [9.17, 15) is 18.0 Å². The molecule has 1 unspecified atom stereocenters. The standard InChI is InChI=1S/C12H15N3O5S/c1-2-20-8-3-5-9(6-4-8)21(18,19)15-10-7-13-12(17)14-11(10)16/h3-6,10,15H,2,7H2,1H3,(H2,13,14,16,17). The Morgan fingerprint density at radius 3 is 2.52 bits per heavy atom. The van der Waals surface area contributed by atoms with Crippen LogP contribution in [0.3, 0.4) is 0 Å². The molecule has 3 N–H and O–H groups in total. The van der Waals surface area contributed by atoms with E-state index in [1.165, 1.54) is 24.3 Å². The lowest BCUT2D eigenvalue weighted by atomic mass is 10.2. The van der Waals surface area contributed by atoms with Crippen LogP contribution in [0.5, 0.6) is 5.75 Å². The van der Waals surface area contributed by atoms with Gasteiger partial charge in [0.25, 0.3) is 0 Å². The number of hydrogen-bond acceptors (Lipinski definition) is 5. The van der Waals surface area contributed by atoms with Gasteiger partial charge in [0, 0.05) is 6.54 Å². The molecule has 0 aliphatic carbocycles. The normalized spacial score (nSPS) is 18.8. The summed E-state index contributed by atoms with van der Waals surface area (Å²) >= 11 is 0. The molecule has 1 fully saturated rings. The minimum Gasteiger partial charge on any atom is -0.494 e. The third-order valence-corrected chi connectivity index (χ3v) is 4.25. The van der Waals surface area contributed by atoms with E-state index in [0.29, 0.717) is 12.4 Å². The number of urea groups is 1. The smallest absolute Gasteiger partial charge is 0.321 e. The van der Waals surface area contributed by atoms with E-state index in [1.54, 1.807) is 0 Å². The van der Waals surface area contributed by atoms with E-state index in [1.807, 2.05) is 12.2 Å². The summed E-state index contributed by atoms with van der Waals surface area (Å²) in [6, 6.07) is 4.14. The Morgan fingerprint density at radius 2 is 1.95 bits per heavy atom. The maximum Gasteiger partial charge on any atom is 0.321 e. The third-order valence-electron chi connectivity index (χ3n) is 2.76. The molecule has 1 saturated heterocycles. The molecule has 1 aromatic carbocycles. The fraction of sp³-hybridized carbons (Fsp3) is 0.333. The van der Waals surface area contributed by atoms with Gasteiger partial charge in [0.05, 0.1) is 11.5 Å². The number of ether oxygens (including phenoxy) is 1. The van der Waals surface area contributed by atoms with Gasteiger partial charge in [-0.1, -0.05) is 0 Å². The molecule has 114 valence electrons. The van der Waals surface area contributed by atoms with Crippen molar-refractivity contribution in [1.82, 2.24) is 15.4 Å². The highest BCUT2D eigenvalue weighted by molar-refractivity contribution is 7.89. The van der Waals surface area contributed by atoms with Gasteiger partial charge >= 0.3 is 6.03 Å². The monoisotopic (exact) mass is 313 g/mol. The Hall–Kier alpha value is -2.13. The Morgan fingerprint density at radius 1 is 1.29 bits per heavy atom. The number of nitrogens with one attached hydrogen (secondary N) is 3. The molecule has 9 heteroatoms. The first-order valence-electron chi connectivity index (χ1n) is 6.26. The number of rotatable bonds is 5. The first kappa shape index (κ1) is 15.3. The number of carbonyl (C=O) groups excluding carboxylic acids is 2. The highest BCUT2D eigenvalue weighted by atomic mass is 32.2. The van der Waals surface area contributed by atoms with Gasteiger partial charge in [-0.15, -0.1) is 0 Å². The van der Waals surface area contributed by atoms with Crippen molar-refractivity contribution >= 4 is 22.0 Å². The molecule has 21 heavy (non-hydrogen) atoms. The van der Waals surface area contributed by atoms with Crippen molar-refractivity contribution in [1.29, 1.82) is 0 Å². The van der Waals surface area contributed by atoms with Gasteiger partial charge in [0.1, 0.15) is 11.8 Å². The summed E-state index contributed by atoms with van der Waals surface area (Å²) in [5.41, 5.74) is 0. The largest absolute Gasteiger partial charge is 0.494 e. The van der Waals surface area contributed by atoms with E-state index < -0.39 is 28.0 Å². The van der Waals surface area contributed by atoms with Crippen LogP contribution in [0.25, 0.3) is 0 Å². The summed E-state index contributed by atoms with van der Waals surface area (Å²) in [5.74, 6) is -0.132. The Balaban J connectivity index is 2.11. The first-order valence-corrected chi connectivity index (χ1v) is 7.74. The van der Waals surface area contributed by atoms with Crippen LogP contribution in [0, 0.1) is 0 Å². The first-order chi connectivity index (χ1) is 9.92. The molecular formula is C12H15N3O5S. The van der Waals surface area contributed by atoms with Crippen molar-refractivity contribution < 1.29 is 22.7 Å². The summed E-state index contributed by atoms with van der Waals surface area (Å²) in [6.07, 6.45) is 0. The number of imide groups is 1. The fourth-order valence-electron chi connectivity index (χ4n) is 1.76. The summed E-state index contributed by atoms with van der Waals surface area (Å²) in [6.45, 7) is 2.20. The quantitative estimate of drug-likeness (QED) is 0.683. The van der Waals surface area contributed by atoms with Gasteiger partial charge < -0.3 is 10.1 Å². The van der Waals surface area contributed by atoms with Gasteiger partial charge in [-0.05, 0) is 31.2 Å². The lowest BCUT2D eigenvalue weighted by Crippen LogP contribution is -2.60. The van der Waals surface area contributed by atoms with Gasteiger partial charge in [0.2, 0.25) is 15.9 Å². The zero-order chi connectivity index (χ0) is 15.5. The molecule has 1 heterocycles. The lowest BCUT2D eigenvalue weighted by molar-refractivity contribution is -0.122. The van der Waals surface area contributed by atoms with E-state index >= 15 is 0 Å². The second-order valence-electron chi connectivity index (χ2n) is 4.28. The van der Waals surface area contributed by atoms with Crippen molar-refractivity contribution in [3.63, 3.8) is 0 Å². The average Bonchev–Trinajstić information content (AvgIpc) is 2.43. The zero-order valence-electron chi connectivity index (χ0n) is 11.3. The minimum absolute atomic E-state index is 0.00986. The highest BCUT2D eigenvalue weighted by Crippen LogP contribution is 2.16. The van der Waals surface area contributed by atoms with E-state index in [-0.39, 0.29) is 11.4 Å². The van der Waals surface area contributed by atoms with Crippen molar-refractivity contribution in [2.24, 2.45) is 0 Å². The Bertz CT molecular complexity index is 641. The van der Waals surface area contributed by atoms with E-state index in [2.05, 4.69) is 10.0 Å². The van der Waals surface area contributed by atoms with Crippen molar-refractivity contribution in [2.75, 3.05) is 13.2 Å². The van der Waals surface area contributed by atoms with Crippen molar-refractivity contribution in [3.05, 3.63) is 24.3 Å². The molecule has 1 atom stereocenters. The van der Waals surface area contributed by atoms with Crippen LogP contribution in [0.2, 0.25) is 0 Å². The second kappa shape index (κ2) is 6.10. The van der Waals surface area contributed by atoms with Crippen LogP contribution in [-0.2, 0) is 14.8 Å². The number of sulfonamides is 1. The van der Waals surface area contributed by atoms with Crippen LogP contribution < -0.4 is 20.1 Å². The van der Waals surface area contributed by atoms with Gasteiger partial charge in [-0.3, -0.25) is 10.1 Å².